The molecule has 0 aromatic carbocycles. The van der Waals surface area contributed by atoms with Crippen molar-refractivity contribution in [3.8, 4) is 0 Å². The Morgan fingerprint density at radius 2 is 2.09 bits per heavy atom. The fraction of sp³-hybridized carbons (Fsp3) is 1.00. The number of nitrogens with two attached hydrogens (primary N) is 1. The zero-order valence-corrected chi connectivity index (χ0v) is 7.29. The summed E-state index contributed by atoms with van der Waals surface area (Å²) in [4.78, 5) is 0. The van der Waals surface area contributed by atoms with Crippen molar-refractivity contribution in [1.29, 1.82) is 0 Å². The molecule has 3 unspecified atom stereocenters. The fourth-order valence-corrected chi connectivity index (χ4v) is 2.82. The van der Waals surface area contributed by atoms with Crippen LogP contribution in [-0.2, 0) is 0 Å². The van der Waals surface area contributed by atoms with Crippen LogP contribution < -0.4 is 5.84 Å². The average Bonchev–Trinajstić information content (AvgIpc) is 2.32. The third-order valence-electron chi connectivity index (χ3n) is 3.55. The number of nitrogens with zero attached hydrogens (tertiary/aromatic N) is 1. The van der Waals surface area contributed by atoms with Crippen LogP contribution in [0, 0.1) is 17.8 Å². The Kier molecular flexibility index (Phi) is 1.90. The molecule has 2 aliphatic rings. The molecule has 64 valence electrons. The smallest absolute Gasteiger partial charge is 0.0159 e. The van der Waals surface area contributed by atoms with Gasteiger partial charge in [0.15, 0.2) is 0 Å². The minimum Gasteiger partial charge on any atom is -0.269 e. The molecule has 11 heavy (non-hydrogen) atoms. The Morgan fingerprint density at radius 1 is 1.27 bits per heavy atom. The fourth-order valence-electron chi connectivity index (χ4n) is 2.82. The van der Waals surface area contributed by atoms with Crippen LogP contribution in [0.25, 0.3) is 0 Å². The van der Waals surface area contributed by atoms with Crippen LogP contribution in [0.1, 0.15) is 26.2 Å². The summed E-state index contributed by atoms with van der Waals surface area (Å²) in [6, 6.07) is 0. The van der Waals surface area contributed by atoms with Gasteiger partial charge < -0.3 is 0 Å². The van der Waals surface area contributed by atoms with Crippen molar-refractivity contribution < 1.29 is 0 Å². The summed E-state index contributed by atoms with van der Waals surface area (Å²) in [6.45, 7) is 4.66. The highest BCUT2D eigenvalue weighted by Crippen LogP contribution is 2.41. The maximum atomic E-state index is 5.77. The number of hydrazine groups is 1. The summed E-state index contributed by atoms with van der Waals surface area (Å²) >= 11 is 0. The van der Waals surface area contributed by atoms with E-state index in [4.69, 9.17) is 5.84 Å². The highest BCUT2D eigenvalue weighted by atomic mass is 15.4. The predicted molar refractivity (Wildman–Crippen MR) is 45.8 cm³/mol. The SMILES string of the molecule is CC1CCC2CN(N)CCC12. The van der Waals surface area contributed by atoms with Gasteiger partial charge in [0.1, 0.15) is 0 Å². The summed E-state index contributed by atoms with van der Waals surface area (Å²) in [5.41, 5.74) is 0. The number of rotatable bonds is 0. The molecule has 3 atom stereocenters. The Morgan fingerprint density at radius 3 is 2.91 bits per heavy atom. The molecule has 1 heterocycles. The van der Waals surface area contributed by atoms with Gasteiger partial charge in [-0.05, 0) is 30.6 Å². The first-order valence-corrected chi connectivity index (χ1v) is 4.77. The van der Waals surface area contributed by atoms with Crippen molar-refractivity contribution in [2.75, 3.05) is 13.1 Å². The molecule has 1 saturated heterocycles. The second-order valence-electron chi connectivity index (χ2n) is 4.26. The third-order valence-corrected chi connectivity index (χ3v) is 3.55. The lowest BCUT2D eigenvalue weighted by Gasteiger charge is -2.33. The molecule has 0 aromatic rings. The molecule has 2 rings (SSSR count). The number of hydrogen-bond donors (Lipinski definition) is 1. The van der Waals surface area contributed by atoms with E-state index in [1.54, 1.807) is 0 Å². The molecule has 0 aromatic heterocycles. The highest BCUT2D eigenvalue weighted by molar-refractivity contribution is 4.87. The van der Waals surface area contributed by atoms with Gasteiger partial charge in [-0.15, -0.1) is 0 Å². The van der Waals surface area contributed by atoms with Gasteiger partial charge in [0.25, 0.3) is 0 Å². The maximum Gasteiger partial charge on any atom is 0.0159 e. The monoisotopic (exact) mass is 154 g/mol. The first kappa shape index (κ1) is 7.56. The zero-order valence-electron chi connectivity index (χ0n) is 7.29. The van der Waals surface area contributed by atoms with E-state index in [1.807, 2.05) is 5.01 Å². The van der Waals surface area contributed by atoms with E-state index >= 15 is 0 Å². The highest BCUT2D eigenvalue weighted by Gasteiger charge is 2.36. The van der Waals surface area contributed by atoms with Crippen molar-refractivity contribution in [3.05, 3.63) is 0 Å². The lowest BCUT2D eigenvalue weighted by Crippen LogP contribution is -2.43. The normalized spacial score (nSPS) is 45.8. The Balaban J connectivity index is 2.00. The number of fused-ring (bicyclic) bond motifs is 1. The molecule has 0 amide bonds. The second kappa shape index (κ2) is 2.76. The molecule has 1 aliphatic carbocycles. The summed E-state index contributed by atoms with van der Waals surface area (Å²) in [7, 11) is 0. The van der Waals surface area contributed by atoms with Gasteiger partial charge in [-0.1, -0.05) is 13.3 Å². The van der Waals surface area contributed by atoms with Gasteiger partial charge in [0.2, 0.25) is 0 Å². The first-order valence-electron chi connectivity index (χ1n) is 4.77. The van der Waals surface area contributed by atoms with Crippen molar-refractivity contribution >= 4 is 0 Å². The van der Waals surface area contributed by atoms with E-state index in [-0.39, 0.29) is 0 Å². The molecule has 2 nitrogen and oxygen atoms in total. The van der Waals surface area contributed by atoms with Crippen LogP contribution >= 0.6 is 0 Å². The minimum atomic E-state index is 0.920. The Hall–Kier alpha value is -0.0800. The quantitative estimate of drug-likeness (QED) is 0.532. The van der Waals surface area contributed by atoms with Crippen molar-refractivity contribution in [1.82, 2.24) is 5.01 Å². The van der Waals surface area contributed by atoms with Crippen LogP contribution in [0.3, 0.4) is 0 Å². The van der Waals surface area contributed by atoms with Gasteiger partial charge in [-0.25, -0.2) is 5.01 Å². The molecule has 1 aliphatic heterocycles. The van der Waals surface area contributed by atoms with Crippen LogP contribution in [0.5, 0.6) is 0 Å². The van der Waals surface area contributed by atoms with E-state index in [2.05, 4.69) is 6.92 Å². The first-order chi connectivity index (χ1) is 5.27. The lowest BCUT2D eigenvalue weighted by molar-refractivity contribution is 0.124. The molecule has 0 spiro atoms. The average molecular weight is 154 g/mol. The lowest BCUT2D eigenvalue weighted by atomic mass is 9.85. The molecule has 2 heteroatoms. The maximum absolute atomic E-state index is 5.77. The molecule has 0 bridgehead atoms. The van der Waals surface area contributed by atoms with Crippen molar-refractivity contribution in [3.63, 3.8) is 0 Å². The van der Waals surface area contributed by atoms with Crippen LogP contribution in [-0.4, -0.2) is 18.1 Å². The summed E-state index contributed by atoms with van der Waals surface area (Å²) < 4.78 is 0. The van der Waals surface area contributed by atoms with E-state index in [9.17, 15) is 0 Å². The molecular weight excluding hydrogens is 136 g/mol. The van der Waals surface area contributed by atoms with Gasteiger partial charge in [0.05, 0.1) is 0 Å². The Labute approximate surface area is 68.7 Å². The standard InChI is InChI=1S/C9H18N2/c1-7-2-3-8-6-11(10)5-4-9(7)8/h7-9H,2-6,10H2,1H3. The molecule has 1 saturated carbocycles. The summed E-state index contributed by atoms with van der Waals surface area (Å²) in [5.74, 6) is 8.65. The molecule has 0 radical (unpaired) electrons. The predicted octanol–water partition coefficient (Wildman–Crippen LogP) is 1.23. The molecule has 2 fully saturated rings. The van der Waals surface area contributed by atoms with Crippen LogP contribution in [0.2, 0.25) is 0 Å². The molecular formula is C9H18N2. The zero-order chi connectivity index (χ0) is 7.84. The van der Waals surface area contributed by atoms with E-state index in [0.717, 1.165) is 30.8 Å². The van der Waals surface area contributed by atoms with Gasteiger partial charge in [-0.2, -0.15) is 0 Å². The van der Waals surface area contributed by atoms with Crippen LogP contribution in [0.4, 0.5) is 0 Å². The van der Waals surface area contributed by atoms with Crippen LogP contribution in [0.15, 0.2) is 0 Å². The third kappa shape index (κ3) is 1.30. The van der Waals surface area contributed by atoms with E-state index in [0.29, 0.717) is 0 Å². The van der Waals surface area contributed by atoms with Gasteiger partial charge in [-0.3, -0.25) is 5.84 Å². The van der Waals surface area contributed by atoms with Gasteiger partial charge in [0, 0.05) is 13.1 Å². The van der Waals surface area contributed by atoms with Crippen molar-refractivity contribution in [2.45, 2.75) is 26.2 Å². The number of hydrogen-bond acceptors (Lipinski definition) is 2. The Bertz CT molecular complexity index is 146. The summed E-state index contributed by atoms with van der Waals surface area (Å²) in [5, 5.41) is 2.00. The summed E-state index contributed by atoms with van der Waals surface area (Å²) in [6.07, 6.45) is 4.19. The van der Waals surface area contributed by atoms with Gasteiger partial charge >= 0.3 is 0 Å². The van der Waals surface area contributed by atoms with Crippen molar-refractivity contribution in [2.24, 2.45) is 23.6 Å². The number of piperidine rings is 1. The topological polar surface area (TPSA) is 29.3 Å². The minimum absolute atomic E-state index is 0.920. The largest absolute Gasteiger partial charge is 0.269 e. The van der Waals surface area contributed by atoms with E-state index in [1.165, 1.54) is 19.3 Å². The second-order valence-corrected chi connectivity index (χ2v) is 4.26. The van der Waals surface area contributed by atoms with E-state index < -0.39 is 0 Å². The molecule has 2 N–H and O–H groups in total.